The number of nitrogens with zero attached hydrogens (tertiary/aromatic N) is 1. The lowest BCUT2D eigenvalue weighted by molar-refractivity contribution is 0.698. The molecule has 0 amide bonds. The molecule has 1 aromatic heterocycles. The Balaban J connectivity index is 2.52. The Morgan fingerprint density at radius 3 is 3.18 bits per heavy atom. The van der Waals surface area contributed by atoms with Gasteiger partial charge in [-0.15, -0.1) is 0 Å². The molecule has 2 nitrogen and oxygen atoms in total. The monoisotopic (exact) mass is 168 g/mol. The summed E-state index contributed by atoms with van der Waals surface area (Å²) in [7, 11) is 0. The summed E-state index contributed by atoms with van der Waals surface area (Å²) in [4.78, 5) is 4.18. The predicted molar refractivity (Wildman–Crippen MR) is 44.5 cm³/mol. The summed E-state index contributed by atoms with van der Waals surface area (Å²) in [5.74, 6) is 0. The third kappa shape index (κ3) is 1.12. The Morgan fingerprint density at radius 2 is 2.36 bits per heavy atom. The Labute approximate surface area is 70.4 Å². The quantitative estimate of drug-likeness (QED) is 0.599. The number of rotatable bonds is 0. The van der Waals surface area contributed by atoms with Gasteiger partial charge in [-0.2, -0.15) is 0 Å². The lowest BCUT2D eigenvalue weighted by Crippen LogP contribution is -2.07. The fourth-order valence-corrected chi connectivity index (χ4v) is 1.61. The van der Waals surface area contributed by atoms with Crippen molar-refractivity contribution in [2.75, 3.05) is 0 Å². The fourth-order valence-electron chi connectivity index (χ4n) is 1.46. The average Bonchev–Trinajstić information content (AvgIpc) is 2.33. The van der Waals surface area contributed by atoms with Gasteiger partial charge >= 0.3 is 0 Å². The van der Waals surface area contributed by atoms with E-state index in [1.807, 2.05) is 12.1 Å². The van der Waals surface area contributed by atoms with Crippen molar-refractivity contribution in [1.29, 1.82) is 0 Å². The molecule has 0 bridgehead atoms. The molecule has 2 rings (SSSR count). The number of aromatic nitrogens is 1. The van der Waals surface area contributed by atoms with Gasteiger partial charge in [-0.3, -0.25) is 0 Å². The standard InChI is InChI=1S/C8H9ClN2/c9-7-4-2-5-1-3-6(10)8(5)11-7/h2,4,6H,1,3,10H2. The van der Waals surface area contributed by atoms with Gasteiger partial charge in [0.15, 0.2) is 0 Å². The van der Waals surface area contributed by atoms with Crippen LogP contribution in [0.25, 0.3) is 0 Å². The van der Waals surface area contributed by atoms with E-state index in [-0.39, 0.29) is 6.04 Å². The highest BCUT2D eigenvalue weighted by molar-refractivity contribution is 6.29. The number of fused-ring (bicyclic) bond motifs is 1. The van der Waals surface area contributed by atoms with Crippen LogP contribution in [-0.4, -0.2) is 4.98 Å². The van der Waals surface area contributed by atoms with Gasteiger partial charge in [-0.05, 0) is 24.5 Å². The largest absolute Gasteiger partial charge is 0.323 e. The zero-order chi connectivity index (χ0) is 7.84. The maximum absolute atomic E-state index is 5.79. The van der Waals surface area contributed by atoms with E-state index in [2.05, 4.69) is 4.98 Å². The molecular formula is C8H9ClN2. The summed E-state index contributed by atoms with van der Waals surface area (Å²) < 4.78 is 0. The van der Waals surface area contributed by atoms with Crippen LogP contribution in [0.2, 0.25) is 5.15 Å². The minimum absolute atomic E-state index is 0.101. The molecule has 0 radical (unpaired) electrons. The number of hydrogen-bond acceptors (Lipinski definition) is 2. The normalized spacial score (nSPS) is 21.8. The van der Waals surface area contributed by atoms with Crippen molar-refractivity contribution in [3.8, 4) is 0 Å². The van der Waals surface area contributed by atoms with Crippen LogP contribution in [0.3, 0.4) is 0 Å². The lowest BCUT2D eigenvalue weighted by Gasteiger charge is -2.02. The van der Waals surface area contributed by atoms with Crippen molar-refractivity contribution >= 4 is 11.6 Å². The molecule has 1 aliphatic carbocycles. The van der Waals surface area contributed by atoms with Crippen molar-refractivity contribution in [2.45, 2.75) is 18.9 Å². The molecule has 0 aromatic carbocycles. The van der Waals surface area contributed by atoms with E-state index in [9.17, 15) is 0 Å². The van der Waals surface area contributed by atoms with Crippen molar-refractivity contribution in [3.63, 3.8) is 0 Å². The highest BCUT2D eigenvalue weighted by atomic mass is 35.5. The van der Waals surface area contributed by atoms with E-state index < -0.39 is 0 Å². The van der Waals surface area contributed by atoms with Gasteiger partial charge in [0.1, 0.15) is 5.15 Å². The number of pyridine rings is 1. The number of aryl methyl sites for hydroxylation is 1. The second-order valence-corrected chi connectivity index (χ2v) is 3.21. The van der Waals surface area contributed by atoms with E-state index in [0.717, 1.165) is 18.5 Å². The summed E-state index contributed by atoms with van der Waals surface area (Å²) in [6.45, 7) is 0. The van der Waals surface area contributed by atoms with Gasteiger partial charge in [0.2, 0.25) is 0 Å². The summed E-state index contributed by atoms with van der Waals surface area (Å²) in [5, 5.41) is 0.543. The maximum Gasteiger partial charge on any atom is 0.129 e. The summed E-state index contributed by atoms with van der Waals surface area (Å²) in [6.07, 6.45) is 2.04. The van der Waals surface area contributed by atoms with E-state index in [0.29, 0.717) is 5.15 Å². The van der Waals surface area contributed by atoms with Gasteiger partial charge < -0.3 is 5.73 Å². The molecule has 0 saturated carbocycles. The smallest absolute Gasteiger partial charge is 0.129 e. The second-order valence-electron chi connectivity index (χ2n) is 2.82. The summed E-state index contributed by atoms with van der Waals surface area (Å²) in [6, 6.07) is 3.93. The Bertz CT molecular complexity index is 285. The van der Waals surface area contributed by atoms with E-state index >= 15 is 0 Å². The molecule has 3 heteroatoms. The van der Waals surface area contributed by atoms with Crippen LogP contribution < -0.4 is 5.73 Å². The number of nitrogens with two attached hydrogens (primary N) is 1. The zero-order valence-electron chi connectivity index (χ0n) is 6.05. The Hall–Kier alpha value is -0.600. The van der Waals surface area contributed by atoms with E-state index in [1.165, 1.54) is 5.56 Å². The molecule has 58 valence electrons. The molecule has 2 N–H and O–H groups in total. The first-order valence-corrected chi connectivity index (χ1v) is 4.06. The molecule has 0 aliphatic heterocycles. The van der Waals surface area contributed by atoms with Crippen molar-refractivity contribution in [3.05, 3.63) is 28.5 Å². The Morgan fingerprint density at radius 1 is 1.55 bits per heavy atom. The number of hydrogen-bond donors (Lipinski definition) is 1. The minimum atomic E-state index is 0.101. The van der Waals surface area contributed by atoms with Crippen LogP contribution in [0.4, 0.5) is 0 Å². The van der Waals surface area contributed by atoms with Crippen molar-refractivity contribution in [2.24, 2.45) is 5.73 Å². The first-order valence-electron chi connectivity index (χ1n) is 3.68. The molecule has 1 atom stereocenters. The van der Waals surface area contributed by atoms with Crippen LogP contribution >= 0.6 is 11.6 Å². The highest BCUT2D eigenvalue weighted by Crippen LogP contribution is 2.28. The van der Waals surface area contributed by atoms with Gasteiger partial charge in [0.05, 0.1) is 5.69 Å². The summed E-state index contributed by atoms with van der Waals surface area (Å²) in [5.41, 5.74) is 8.03. The third-order valence-corrected chi connectivity index (χ3v) is 2.26. The molecular weight excluding hydrogens is 160 g/mol. The van der Waals surface area contributed by atoms with Crippen LogP contribution in [0.5, 0.6) is 0 Å². The third-order valence-electron chi connectivity index (χ3n) is 2.05. The maximum atomic E-state index is 5.79. The van der Waals surface area contributed by atoms with E-state index in [4.69, 9.17) is 17.3 Å². The molecule has 0 saturated heterocycles. The van der Waals surface area contributed by atoms with Gasteiger partial charge in [0.25, 0.3) is 0 Å². The Kier molecular flexibility index (Phi) is 1.59. The van der Waals surface area contributed by atoms with Crippen LogP contribution in [0, 0.1) is 0 Å². The molecule has 0 spiro atoms. The van der Waals surface area contributed by atoms with Gasteiger partial charge in [-0.25, -0.2) is 4.98 Å². The molecule has 0 fully saturated rings. The fraction of sp³-hybridized carbons (Fsp3) is 0.375. The van der Waals surface area contributed by atoms with Crippen LogP contribution in [0.1, 0.15) is 23.7 Å². The molecule has 1 heterocycles. The predicted octanol–water partition coefficient (Wildman–Crippen LogP) is 1.68. The molecule has 11 heavy (non-hydrogen) atoms. The van der Waals surface area contributed by atoms with E-state index in [1.54, 1.807) is 0 Å². The van der Waals surface area contributed by atoms with Crippen LogP contribution in [-0.2, 0) is 6.42 Å². The zero-order valence-corrected chi connectivity index (χ0v) is 6.80. The summed E-state index contributed by atoms with van der Waals surface area (Å²) >= 11 is 5.72. The minimum Gasteiger partial charge on any atom is -0.323 e. The molecule has 1 aliphatic rings. The first-order chi connectivity index (χ1) is 5.27. The first kappa shape index (κ1) is 7.07. The van der Waals surface area contributed by atoms with Crippen LogP contribution in [0.15, 0.2) is 12.1 Å². The molecule has 1 aromatic rings. The molecule has 1 unspecified atom stereocenters. The second kappa shape index (κ2) is 2.47. The highest BCUT2D eigenvalue weighted by Gasteiger charge is 2.19. The van der Waals surface area contributed by atoms with Gasteiger partial charge in [-0.1, -0.05) is 17.7 Å². The number of halogens is 1. The SMILES string of the molecule is NC1CCc2ccc(Cl)nc21. The van der Waals surface area contributed by atoms with Gasteiger partial charge in [0, 0.05) is 6.04 Å². The van der Waals surface area contributed by atoms with Crippen molar-refractivity contribution < 1.29 is 0 Å². The van der Waals surface area contributed by atoms with Crippen molar-refractivity contribution in [1.82, 2.24) is 4.98 Å². The lowest BCUT2D eigenvalue weighted by atomic mass is 10.2. The topological polar surface area (TPSA) is 38.9 Å². The average molecular weight is 169 g/mol.